The first-order valence-electron chi connectivity index (χ1n) is 9.04. The summed E-state index contributed by atoms with van der Waals surface area (Å²) in [6, 6.07) is 10.5. The fraction of sp³-hybridized carbons (Fsp3) is 0.450. The SMILES string of the molecule is C[C@H](Cn1cccn1)NC(=O)[C@@H](Cc1ccccc1)NC(=O)OC(C)(C)C. The fourth-order valence-corrected chi connectivity index (χ4v) is 2.59. The van der Waals surface area contributed by atoms with Gasteiger partial charge in [-0.15, -0.1) is 0 Å². The Morgan fingerprint density at radius 1 is 1.15 bits per heavy atom. The minimum Gasteiger partial charge on any atom is -0.444 e. The van der Waals surface area contributed by atoms with E-state index in [1.165, 1.54) is 0 Å². The van der Waals surface area contributed by atoms with E-state index in [-0.39, 0.29) is 11.9 Å². The van der Waals surface area contributed by atoms with Crippen molar-refractivity contribution in [1.82, 2.24) is 20.4 Å². The second-order valence-corrected chi connectivity index (χ2v) is 7.53. The van der Waals surface area contributed by atoms with Crippen LogP contribution >= 0.6 is 0 Å². The van der Waals surface area contributed by atoms with Crippen LogP contribution in [-0.4, -0.2) is 39.5 Å². The predicted octanol–water partition coefficient (Wildman–Crippen LogP) is 2.52. The first kappa shape index (κ1) is 20.5. The van der Waals surface area contributed by atoms with Crippen LogP contribution in [0.3, 0.4) is 0 Å². The summed E-state index contributed by atoms with van der Waals surface area (Å²) in [5, 5.41) is 9.77. The highest BCUT2D eigenvalue weighted by atomic mass is 16.6. The predicted molar refractivity (Wildman–Crippen MR) is 103 cm³/mol. The zero-order valence-corrected chi connectivity index (χ0v) is 16.3. The number of amides is 2. The van der Waals surface area contributed by atoms with E-state index in [1.54, 1.807) is 31.6 Å². The van der Waals surface area contributed by atoms with Crippen molar-refractivity contribution in [1.29, 1.82) is 0 Å². The van der Waals surface area contributed by atoms with Crippen LogP contribution in [0, 0.1) is 0 Å². The molecule has 1 heterocycles. The van der Waals surface area contributed by atoms with Gasteiger partial charge < -0.3 is 15.4 Å². The van der Waals surface area contributed by atoms with Gasteiger partial charge >= 0.3 is 6.09 Å². The molecule has 0 radical (unpaired) electrons. The number of aromatic nitrogens is 2. The Balaban J connectivity index is 2.02. The van der Waals surface area contributed by atoms with Crippen LogP contribution in [0.4, 0.5) is 4.79 Å². The molecule has 2 amide bonds. The van der Waals surface area contributed by atoms with E-state index in [2.05, 4.69) is 15.7 Å². The number of benzene rings is 1. The second-order valence-electron chi connectivity index (χ2n) is 7.53. The molecule has 1 aromatic carbocycles. The molecule has 2 aromatic rings. The molecule has 2 N–H and O–H groups in total. The first-order chi connectivity index (χ1) is 12.7. The minimum absolute atomic E-state index is 0.142. The van der Waals surface area contributed by atoms with Gasteiger partial charge in [0.25, 0.3) is 0 Å². The monoisotopic (exact) mass is 372 g/mol. The van der Waals surface area contributed by atoms with Gasteiger partial charge in [-0.2, -0.15) is 5.10 Å². The molecule has 0 bridgehead atoms. The number of carbonyl (C=O) groups is 2. The van der Waals surface area contributed by atoms with Crippen molar-refractivity contribution in [3.05, 3.63) is 54.4 Å². The van der Waals surface area contributed by atoms with Crippen LogP contribution in [0.25, 0.3) is 0 Å². The largest absolute Gasteiger partial charge is 0.444 e. The zero-order valence-electron chi connectivity index (χ0n) is 16.3. The van der Waals surface area contributed by atoms with Crippen LogP contribution in [0.15, 0.2) is 48.8 Å². The molecule has 7 nitrogen and oxygen atoms in total. The minimum atomic E-state index is -0.734. The van der Waals surface area contributed by atoms with Crippen molar-refractivity contribution in [2.24, 2.45) is 0 Å². The van der Waals surface area contributed by atoms with Crippen LogP contribution in [-0.2, 0) is 22.5 Å². The maximum Gasteiger partial charge on any atom is 0.408 e. The maximum absolute atomic E-state index is 12.8. The highest BCUT2D eigenvalue weighted by Crippen LogP contribution is 2.09. The van der Waals surface area contributed by atoms with E-state index in [4.69, 9.17) is 4.74 Å². The Hall–Kier alpha value is -2.83. The molecule has 146 valence electrons. The van der Waals surface area contributed by atoms with Gasteiger partial charge in [0, 0.05) is 24.9 Å². The molecule has 0 unspecified atom stereocenters. The summed E-state index contributed by atoms with van der Waals surface area (Å²) in [6.07, 6.45) is 3.29. The van der Waals surface area contributed by atoms with Gasteiger partial charge in [0.05, 0.1) is 6.54 Å². The van der Waals surface area contributed by atoms with Crippen molar-refractivity contribution >= 4 is 12.0 Å². The molecule has 0 fully saturated rings. The summed E-state index contributed by atoms with van der Waals surface area (Å²) in [5.74, 6) is -0.260. The smallest absolute Gasteiger partial charge is 0.408 e. The third kappa shape index (κ3) is 7.52. The van der Waals surface area contributed by atoms with Gasteiger partial charge in [-0.3, -0.25) is 9.48 Å². The van der Waals surface area contributed by atoms with E-state index in [0.717, 1.165) is 5.56 Å². The molecule has 0 aliphatic carbocycles. The van der Waals surface area contributed by atoms with Gasteiger partial charge in [0.1, 0.15) is 11.6 Å². The quantitative estimate of drug-likeness (QED) is 0.782. The van der Waals surface area contributed by atoms with Crippen LogP contribution in [0.1, 0.15) is 33.3 Å². The standard InChI is InChI=1S/C20H28N4O3/c1-15(14-24-12-8-11-21-24)22-18(25)17(13-16-9-6-5-7-10-16)23-19(26)27-20(2,3)4/h5-12,15,17H,13-14H2,1-4H3,(H,22,25)(H,23,26)/t15-,17-/m1/s1. The van der Waals surface area contributed by atoms with Crippen molar-refractivity contribution in [3.8, 4) is 0 Å². The third-order valence-corrected chi connectivity index (χ3v) is 3.70. The molecule has 27 heavy (non-hydrogen) atoms. The highest BCUT2D eigenvalue weighted by molar-refractivity contribution is 5.86. The van der Waals surface area contributed by atoms with Crippen molar-refractivity contribution in [2.45, 2.75) is 58.3 Å². The Kier molecular flexibility index (Phi) is 6.98. The van der Waals surface area contributed by atoms with E-state index < -0.39 is 17.7 Å². The fourth-order valence-electron chi connectivity index (χ4n) is 2.59. The molecule has 7 heteroatoms. The van der Waals surface area contributed by atoms with E-state index in [0.29, 0.717) is 13.0 Å². The molecule has 1 aromatic heterocycles. The molecular weight excluding hydrogens is 344 g/mol. The number of ether oxygens (including phenoxy) is 1. The van der Waals surface area contributed by atoms with Gasteiger partial charge in [-0.1, -0.05) is 30.3 Å². The van der Waals surface area contributed by atoms with Crippen molar-refractivity contribution in [3.63, 3.8) is 0 Å². The average Bonchev–Trinajstić information content (AvgIpc) is 3.06. The number of nitrogens with one attached hydrogen (secondary N) is 2. The first-order valence-corrected chi connectivity index (χ1v) is 9.04. The molecule has 2 rings (SSSR count). The topological polar surface area (TPSA) is 85.3 Å². The Morgan fingerprint density at radius 3 is 2.44 bits per heavy atom. The van der Waals surface area contributed by atoms with E-state index >= 15 is 0 Å². The summed E-state index contributed by atoms with van der Waals surface area (Å²) in [4.78, 5) is 25.0. The normalized spacial score (nSPS) is 13.5. The summed E-state index contributed by atoms with van der Waals surface area (Å²) >= 11 is 0. The number of nitrogens with zero attached hydrogens (tertiary/aromatic N) is 2. The number of rotatable bonds is 7. The van der Waals surface area contributed by atoms with Crippen LogP contribution in [0.5, 0.6) is 0 Å². The Bertz CT molecular complexity index is 723. The molecule has 0 spiro atoms. The van der Waals surface area contributed by atoms with Gasteiger partial charge in [-0.05, 0) is 39.3 Å². The van der Waals surface area contributed by atoms with Crippen LogP contribution in [0.2, 0.25) is 0 Å². The zero-order chi connectivity index (χ0) is 19.9. The molecule has 0 saturated heterocycles. The average molecular weight is 372 g/mol. The molecule has 0 aliphatic heterocycles. The van der Waals surface area contributed by atoms with Gasteiger partial charge in [-0.25, -0.2) is 4.79 Å². The van der Waals surface area contributed by atoms with E-state index in [9.17, 15) is 9.59 Å². The summed E-state index contributed by atoms with van der Waals surface area (Å²) in [6.45, 7) is 7.79. The number of carbonyl (C=O) groups excluding carboxylic acids is 2. The third-order valence-electron chi connectivity index (χ3n) is 3.70. The lowest BCUT2D eigenvalue weighted by Crippen LogP contribution is -2.51. The van der Waals surface area contributed by atoms with Crippen molar-refractivity contribution in [2.75, 3.05) is 0 Å². The number of hydrogen-bond donors (Lipinski definition) is 2. The van der Waals surface area contributed by atoms with E-state index in [1.807, 2.05) is 49.5 Å². The highest BCUT2D eigenvalue weighted by Gasteiger charge is 2.25. The van der Waals surface area contributed by atoms with Crippen LogP contribution < -0.4 is 10.6 Å². The summed E-state index contributed by atoms with van der Waals surface area (Å²) in [7, 11) is 0. The molecule has 0 saturated carbocycles. The molecule has 0 aliphatic rings. The summed E-state index contributed by atoms with van der Waals surface area (Å²) < 4.78 is 7.05. The molecular formula is C20H28N4O3. The lowest BCUT2D eigenvalue weighted by molar-refractivity contribution is -0.123. The van der Waals surface area contributed by atoms with Gasteiger partial charge in [0.15, 0.2) is 0 Å². The lowest BCUT2D eigenvalue weighted by atomic mass is 10.1. The number of hydrogen-bond acceptors (Lipinski definition) is 4. The Labute approximate surface area is 160 Å². The second kappa shape index (κ2) is 9.21. The summed E-state index contributed by atoms with van der Waals surface area (Å²) in [5.41, 5.74) is 0.319. The van der Waals surface area contributed by atoms with Crippen molar-refractivity contribution < 1.29 is 14.3 Å². The lowest BCUT2D eigenvalue weighted by Gasteiger charge is -2.24. The Morgan fingerprint density at radius 2 is 1.85 bits per heavy atom. The number of alkyl carbamates (subject to hydrolysis) is 1. The maximum atomic E-state index is 12.8. The van der Waals surface area contributed by atoms with Gasteiger partial charge in [0.2, 0.25) is 5.91 Å². The molecule has 2 atom stereocenters.